The SMILES string of the molecule is Cc1[nH]nc(-c2ccccc2O)c1[N+](=O)[O-]. The zero-order valence-corrected chi connectivity index (χ0v) is 8.47. The van der Waals surface area contributed by atoms with Gasteiger partial charge in [0.1, 0.15) is 11.4 Å². The van der Waals surface area contributed by atoms with E-state index in [1.165, 1.54) is 6.07 Å². The molecule has 2 N–H and O–H groups in total. The fourth-order valence-electron chi connectivity index (χ4n) is 1.51. The molecule has 0 unspecified atom stereocenters. The van der Waals surface area contributed by atoms with Crippen molar-refractivity contribution in [2.45, 2.75) is 6.92 Å². The molecule has 6 heteroatoms. The first kappa shape index (κ1) is 10.2. The third-order valence-electron chi connectivity index (χ3n) is 2.26. The second-order valence-corrected chi connectivity index (χ2v) is 3.32. The third-order valence-corrected chi connectivity index (χ3v) is 2.26. The summed E-state index contributed by atoms with van der Waals surface area (Å²) in [5.41, 5.74) is 0.754. The Balaban J connectivity index is 2.66. The molecule has 0 saturated carbocycles. The number of nitrogens with zero attached hydrogens (tertiary/aromatic N) is 2. The largest absolute Gasteiger partial charge is 0.507 e. The molecule has 0 atom stereocenters. The lowest BCUT2D eigenvalue weighted by Gasteiger charge is -1.99. The Morgan fingerprint density at radius 1 is 1.44 bits per heavy atom. The van der Waals surface area contributed by atoms with Gasteiger partial charge in [-0.2, -0.15) is 5.10 Å². The van der Waals surface area contributed by atoms with Crippen molar-refractivity contribution in [2.24, 2.45) is 0 Å². The van der Waals surface area contributed by atoms with Crippen molar-refractivity contribution in [3.8, 4) is 17.0 Å². The van der Waals surface area contributed by atoms with Gasteiger partial charge in [0.2, 0.25) is 0 Å². The molecular weight excluding hydrogens is 210 g/mol. The van der Waals surface area contributed by atoms with Gasteiger partial charge in [0, 0.05) is 0 Å². The van der Waals surface area contributed by atoms with Gasteiger partial charge in [-0.25, -0.2) is 0 Å². The quantitative estimate of drug-likeness (QED) is 0.596. The topological polar surface area (TPSA) is 92.0 Å². The molecule has 1 aromatic carbocycles. The second-order valence-electron chi connectivity index (χ2n) is 3.32. The zero-order valence-electron chi connectivity index (χ0n) is 8.47. The summed E-state index contributed by atoms with van der Waals surface area (Å²) >= 11 is 0. The van der Waals surface area contributed by atoms with Gasteiger partial charge in [0.05, 0.1) is 10.5 Å². The van der Waals surface area contributed by atoms with Crippen LogP contribution in [0, 0.1) is 17.0 Å². The van der Waals surface area contributed by atoms with Gasteiger partial charge in [-0.1, -0.05) is 12.1 Å². The minimum Gasteiger partial charge on any atom is -0.507 e. The number of aromatic nitrogens is 2. The first-order chi connectivity index (χ1) is 7.61. The summed E-state index contributed by atoms with van der Waals surface area (Å²) in [7, 11) is 0. The van der Waals surface area contributed by atoms with Crippen molar-refractivity contribution in [3.05, 3.63) is 40.1 Å². The normalized spacial score (nSPS) is 10.3. The number of para-hydroxylation sites is 1. The van der Waals surface area contributed by atoms with Crippen molar-refractivity contribution in [3.63, 3.8) is 0 Å². The first-order valence-corrected chi connectivity index (χ1v) is 4.59. The van der Waals surface area contributed by atoms with Crippen LogP contribution >= 0.6 is 0 Å². The summed E-state index contributed by atoms with van der Waals surface area (Å²) in [4.78, 5) is 10.3. The number of phenolic OH excluding ortho intramolecular Hbond substituents is 1. The van der Waals surface area contributed by atoms with Crippen LogP contribution in [0.2, 0.25) is 0 Å². The highest BCUT2D eigenvalue weighted by atomic mass is 16.6. The highest BCUT2D eigenvalue weighted by molar-refractivity contribution is 5.75. The molecule has 0 bridgehead atoms. The number of benzene rings is 1. The fourth-order valence-corrected chi connectivity index (χ4v) is 1.51. The predicted octanol–water partition coefficient (Wildman–Crippen LogP) is 2.00. The molecule has 1 aromatic heterocycles. The van der Waals surface area contributed by atoms with Crippen LogP contribution in [-0.4, -0.2) is 20.2 Å². The van der Waals surface area contributed by atoms with E-state index in [2.05, 4.69) is 10.2 Å². The number of H-pyrrole nitrogens is 1. The summed E-state index contributed by atoms with van der Waals surface area (Å²) < 4.78 is 0. The van der Waals surface area contributed by atoms with Crippen LogP contribution in [-0.2, 0) is 0 Å². The molecule has 2 rings (SSSR count). The van der Waals surface area contributed by atoms with Crippen LogP contribution in [0.4, 0.5) is 5.69 Å². The number of phenols is 1. The van der Waals surface area contributed by atoms with Crippen molar-refractivity contribution in [1.82, 2.24) is 10.2 Å². The minimum atomic E-state index is -0.513. The monoisotopic (exact) mass is 219 g/mol. The predicted molar refractivity (Wildman–Crippen MR) is 57.1 cm³/mol. The maximum Gasteiger partial charge on any atom is 0.317 e. The highest BCUT2D eigenvalue weighted by Gasteiger charge is 2.24. The van der Waals surface area contributed by atoms with Crippen molar-refractivity contribution >= 4 is 5.69 Å². The second kappa shape index (κ2) is 3.65. The van der Waals surface area contributed by atoms with Crippen LogP contribution < -0.4 is 0 Å². The Morgan fingerprint density at radius 3 is 2.75 bits per heavy atom. The van der Waals surface area contributed by atoms with Crippen molar-refractivity contribution in [2.75, 3.05) is 0 Å². The van der Waals surface area contributed by atoms with Crippen LogP contribution in [0.5, 0.6) is 5.75 Å². The molecule has 2 aromatic rings. The molecule has 0 saturated heterocycles. The van der Waals surface area contributed by atoms with E-state index in [4.69, 9.17) is 0 Å². The summed E-state index contributed by atoms with van der Waals surface area (Å²) in [5.74, 6) is -0.0305. The van der Waals surface area contributed by atoms with E-state index >= 15 is 0 Å². The van der Waals surface area contributed by atoms with Crippen LogP contribution in [0.3, 0.4) is 0 Å². The molecule has 82 valence electrons. The summed E-state index contributed by atoms with van der Waals surface area (Å²) in [6.07, 6.45) is 0. The van der Waals surface area contributed by atoms with Crippen LogP contribution in [0.1, 0.15) is 5.69 Å². The molecule has 1 heterocycles. The van der Waals surface area contributed by atoms with E-state index in [9.17, 15) is 15.2 Å². The fraction of sp³-hybridized carbons (Fsp3) is 0.100. The van der Waals surface area contributed by atoms with E-state index in [0.29, 0.717) is 11.3 Å². The van der Waals surface area contributed by atoms with Crippen molar-refractivity contribution in [1.29, 1.82) is 0 Å². The zero-order chi connectivity index (χ0) is 11.7. The average Bonchev–Trinajstić information content (AvgIpc) is 2.61. The van der Waals surface area contributed by atoms with Gasteiger partial charge < -0.3 is 5.11 Å². The number of aryl methyl sites for hydroxylation is 1. The van der Waals surface area contributed by atoms with Gasteiger partial charge in [0.15, 0.2) is 5.69 Å². The molecule has 0 spiro atoms. The number of rotatable bonds is 2. The lowest BCUT2D eigenvalue weighted by Crippen LogP contribution is -1.91. The molecule has 16 heavy (non-hydrogen) atoms. The molecule has 0 aliphatic heterocycles. The number of hydrogen-bond donors (Lipinski definition) is 2. The minimum absolute atomic E-state index is 0.0305. The molecule has 0 radical (unpaired) electrons. The molecule has 0 amide bonds. The van der Waals surface area contributed by atoms with Gasteiger partial charge in [-0.3, -0.25) is 15.2 Å². The maximum absolute atomic E-state index is 10.9. The Bertz CT molecular complexity index is 548. The lowest BCUT2D eigenvalue weighted by molar-refractivity contribution is -0.384. The molecule has 0 aliphatic carbocycles. The Morgan fingerprint density at radius 2 is 2.12 bits per heavy atom. The van der Waals surface area contributed by atoms with Gasteiger partial charge in [-0.15, -0.1) is 0 Å². The van der Waals surface area contributed by atoms with Crippen LogP contribution in [0.25, 0.3) is 11.3 Å². The summed E-state index contributed by atoms with van der Waals surface area (Å²) in [5, 5.41) is 26.8. The summed E-state index contributed by atoms with van der Waals surface area (Å²) in [6, 6.07) is 6.37. The Kier molecular flexibility index (Phi) is 2.32. The van der Waals surface area contributed by atoms with E-state index in [0.717, 1.165) is 0 Å². The summed E-state index contributed by atoms with van der Waals surface area (Å²) in [6.45, 7) is 1.56. The maximum atomic E-state index is 10.9. The third kappa shape index (κ3) is 1.50. The molecule has 0 fully saturated rings. The van der Waals surface area contributed by atoms with E-state index in [1.54, 1.807) is 25.1 Å². The van der Waals surface area contributed by atoms with Crippen LogP contribution in [0.15, 0.2) is 24.3 Å². The smallest absolute Gasteiger partial charge is 0.317 e. The number of hydrogen-bond acceptors (Lipinski definition) is 4. The number of nitrogens with one attached hydrogen (secondary N) is 1. The standard InChI is InChI=1S/C10H9N3O3/c1-6-10(13(15)16)9(12-11-6)7-4-2-3-5-8(7)14/h2-5,14H,1H3,(H,11,12). The van der Waals surface area contributed by atoms with Gasteiger partial charge in [0.25, 0.3) is 0 Å². The highest BCUT2D eigenvalue weighted by Crippen LogP contribution is 2.35. The number of aromatic hydroxyl groups is 1. The van der Waals surface area contributed by atoms with E-state index in [-0.39, 0.29) is 17.1 Å². The van der Waals surface area contributed by atoms with E-state index < -0.39 is 4.92 Å². The van der Waals surface area contributed by atoms with Gasteiger partial charge in [-0.05, 0) is 19.1 Å². The number of nitro groups is 1. The molecule has 6 nitrogen and oxygen atoms in total. The number of aromatic amines is 1. The van der Waals surface area contributed by atoms with Crippen molar-refractivity contribution < 1.29 is 10.0 Å². The van der Waals surface area contributed by atoms with Gasteiger partial charge >= 0.3 is 5.69 Å². The first-order valence-electron chi connectivity index (χ1n) is 4.59. The Labute approximate surface area is 90.7 Å². The lowest BCUT2D eigenvalue weighted by atomic mass is 10.1. The average molecular weight is 219 g/mol. The Hall–Kier alpha value is -2.37. The van der Waals surface area contributed by atoms with E-state index in [1.807, 2.05) is 0 Å². The molecular formula is C10H9N3O3. The molecule has 0 aliphatic rings.